The first-order valence-electron chi connectivity index (χ1n) is 5.84. The highest BCUT2D eigenvalue weighted by molar-refractivity contribution is 5.72. The Kier molecular flexibility index (Phi) is 7.45. The monoisotopic (exact) mass is 290 g/mol. The molecule has 0 saturated carbocycles. The summed E-state index contributed by atoms with van der Waals surface area (Å²) in [5, 5.41) is 9.60. The number of aliphatic hydroxyl groups excluding tert-OH is 1. The van der Waals surface area contributed by atoms with E-state index in [1.165, 1.54) is 6.92 Å². The van der Waals surface area contributed by atoms with Gasteiger partial charge in [-0.15, -0.1) is 0 Å². The first kappa shape index (κ1) is 18.0. The summed E-state index contributed by atoms with van der Waals surface area (Å²) < 4.78 is 14.4. The molecule has 0 radical (unpaired) electrons. The summed E-state index contributed by atoms with van der Waals surface area (Å²) in [6.07, 6.45) is -5.28. The molecular formula is C12H18O8. The maximum Gasteiger partial charge on any atom is 0.303 e. The lowest BCUT2D eigenvalue weighted by atomic mass is 10.0. The molecule has 0 aliphatic carbocycles. The van der Waals surface area contributed by atoms with Crippen molar-refractivity contribution < 1.29 is 38.5 Å². The van der Waals surface area contributed by atoms with E-state index in [9.17, 15) is 24.3 Å². The van der Waals surface area contributed by atoms with Crippen molar-refractivity contribution in [1.29, 1.82) is 0 Å². The second kappa shape index (κ2) is 8.26. The standard InChI is InChI=1S/C12H18O8/c1-6(14)11(19-8(3)16)12(20-9(4)17)10(5-13)18-7(2)15/h5-6,10-12,14H,1-4H3/t6-,10-,11-,12+/m1/s1. The predicted molar refractivity (Wildman–Crippen MR) is 64.4 cm³/mol. The van der Waals surface area contributed by atoms with Gasteiger partial charge < -0.3 is 19.3 Å². The van der Waals surface area contributed by atoms with Crippen molar-refractivity contribution in [3.05, 3.63) is 0 Å². The Bertz CT molecular complexity index is 376. The molecule has 1 N–H and O–H groups in total. The largest absolute Gasteiger partial charge is 0.456 e. The average Bonchev–Trinajstić information content (AvgIpc) is 2.29. The quantitative estimate of drug-likeness (QED) is 0.374. The van der Waals surface area contributed by atoms with Crippen molar-refractivity contribution >= 4 is 24.2 Å². The van der Waals surface area contributed by atoms with Crippen LogP contribution in [-0.2, 0) is 33.4 Å². The summed E-state index contributed by atoms with van der Waals surface area (Å²) in [7, 11) is 0. The summed E-state index contributed by atoms with van der Waals surface area (Å²) in [5.74, 6) is -2.32. The van der Waals surface area contributed by atoms with Crippen LogP contribution in [0.4, 0.5) is 0 Å². The molecule has 0 unspecified atom stereocenters. The van der Waals surface area contributed by atoms with E-state index in [0.717, 1.165) is 20.8 Å². The van der Waals surface area contributed by atoms with E-state index in [1.807, 2.05) is 0 Å². The second-order valence-electron chi connectivity index (χ2n) is 4.10. The maximum absolute atomic E-state index is 11.1. The van der Waals surface area contributed by atoms with Crippen molar-refractivity contribution in [2.24, 2.45) is 0 Å². The molecule has 8 heteroatoms. The van der Waals surface area contributed by atoms with Crippen LogP contribution in [0.1, 0.15) is 27.7 Å². The molecule has 0 aromatic heterocycles. The summed E-state index contributed by atoms with van der Waals surface area (Å²) >= 11 is 0. The van der Waals surface area contributed by atoms with Crippen LogP contribution in [0.3, 0.4) is 0 Å². The Morgan fingerprint density at radius 1 is 0.900 bits per heavy atom. The zero-order valence-electron chi connectivity index (χ0n) is 11.7. The van der Waals surface area contributed by atoms with Crippen LogP contribution < -0.4 is 0 Å². The van der Waals surface area contributed by atoms with Crippen molar-refractivity contribution in [2.45, 2.75) is 52.1 Å². The highest BCUT2D eigenvalue weighted by Gasteiger charge is 2.39. The Hall–Kier alpha value is -1.96. The fourth-order valence-electron chi connectivity index (χ4n) is 1.51. The summed E-state index contributed by atoms with van der Waals surface area (Å²) in [6, 6.07) is 0. The van der Waals surface area contributed by atoms with Gasteiger partial charge in [-0.2, -0.15) is 0 Å². The number of aliphatic hydroxyl groups is 1. The van der Waals surface area contributed by atoms with Gasteiger partial charge in [-0.05, 0) is 6.92 Å². The van der Waals surface area contributed by atoms with Crippen LogP contribution in [-0.4, -0.2) is 53.7 Å². The highest BCUT2D eigenvalue weighted by Crippen LogP contribution is 2.16. The molecule has 0 amide bonds. The van der Waals surface area contributed by atoms with Gasteiger partial charge in [0, 0.05) is 20.8 Å². The number of carbonyl (C=O) groups excluding carboxylic acids is 4. The predicted octanol–water partition coefficient (Wildman–Crippen LogP) is -0.639. The maximum atomic E-state index is 11.1. The molecule has 0 spiro atoms. The van der Waals surface area contributed by atoms with Crippen molar-refractivity contribution in [1.82, 2.24) is 0 Å². The van der Waals surface area contributed by atoms with Gasteiger partial charge in [-0.1, -0.05) is 0 Å². The number of ether oxygens (including phenoxy) is 3. The number of rotatable bonds is 7. The van der Waals surface area contributed by atoms with Crippen LogP contribution >= 0.6 is 0 Å². The first-order valence-corrected chi connectivity index (χ1v) is 5.84. The fraction of sp³-hybridized carbons (Fsp3) is 0.667. The van der Waals surface area contributed by atoms with Crippen LogP contribution in [0.25, 0.3) is 0 Å². The molecule has 0 rings (SSSR count). The molecule has 0 fully saturated rings. The van der Waals surface area contributed by atoms with Crippen molar-refractivity contribution in [3.8, 4) is 0 Å². The van der Waals surface area contributed by atoms with E-state index in [4.69, 9.17) is 9.47 Å². The number of hydrogen-bond donors (Lipinski definition) is 1. The summed E-state index contributed by atoms with van der Waals surface area (Å²) in [5.41, 5.74) is 0. The highest BCUT2D eigenvalue weighted by atomic mass is 16.6. The minimum atomic E-state index is -1.49. The van der Waals surface area contributed by atoms with Crippen LogP contribution in [0.15, 0.2) is 0 Å². The molecule has 0 saturated heterocycles. The summed E-state index contributed by atoms with van der Waals surface area (Å²) in [4.78, 5) is 44.0. The molecule has 0 aromatic carbocycles. The van der Waals surface area contributed by atoms with Gasteiger partial charge in [0.15, 0.2) is 24.6 Å². The molecular weight excluding hydrogens is 272 g/mol. The van der Waals surface area contributed by atoms with Gasteiger partial charge in [0.1, 0.15) is 0 Å². The van der Waals surface area contributed by atoms with Crippen molar-refractivity contribution in [3.63, 3.8) is 0 Å². The zero-order valence-corrected chi connectivity index (χ0v) is 11.7. The van der Waals surface area contributed by atoms with E-state index >= 15 is 0 Å². The Labute approximate surface area is 116 Å². The molecule has 114 valence electrons. The minimum absolute atomic E-state index is 0.230. The van der Waals surface area contributed by atoms with Gasteiger partial charge >= 0.3 is 17.9 Å². The second-order valence-corrected chi connectivity index (χ2v) is 4.10. The van der Waals surface area contributed by atoms with Gasteiger partial charge in [-0.3, -0.25) is 19.2 Å². The lowest BCUT2D eigenvalue weighted by Gasteiger charge is -2.30. The molecule has 0 aliphatic heterocycles. The van der Waals surface area contributed by atoms with E-state index in [1.54, 1.807) is 0 Å². The number of esters is 3. The molecule has 4 atom stereocenters. The van der Waals surface area contributed by atoms with Crippen LogP contribution in [0, 0.1) is 0 Å². The van der Waals surface area contributed by atoms with Crippen LogP contribution in [0.2, 0.25) is 0 Å². The lowest BCUT2D eigenvalue weighted by Crippen LogP contribution is -2.50. The third-order valence-corrected chi connectivity index (χ3v) is 2.16. The normalized spacial score (nSPS) is 16.2. The van der Waals surface area contributed by atoms with Gasteiger partial charge in [0.05, 0.1) is 6.10 Å². The summed E-state index contributed by atoms with van der Waals surface area (Å²) in [6.45, 7) is 4.49. The Balaban J connectivity index is 5.33. The molecule has 0 bridgehead atoms. The van der Waals surface area contributed by atoms with E-state index < -0.39 is 42.3 Å². The third-order valence-electron chi connectivity index (χ3n) is 2.16. The van der Waals surface area contributed by atoms with Crippen molar-refractivity contribution in [2.75, 3.05) is 0 Å². The Morgan fingerprint density at radius 3 is 1.60 bits per heavy atom. The molecule has 8 nitrogen and oxygen atoms in total. The lowest BCUT2D eigenvalue weighted by molar-refractivity contribution is -0.190. The van der Waals surface area contributed by atoms with Gasteiger partial charge in [0.2, 0.25) is 0 Å². The average molecular weight is 290 g/mol. The molecule has 0 aromatic rings. The van der Waals surface area contributed by atoms with Gasteiger partial charge in [-0.25, -0.2) is 0 Å². The zero-order chi connectivity index (χ0) is 15.9. The third kappa shape index (κ3) is 6.28. The molecule has 20 heavy (non-hydrogen) atoms. The molecule has 0 aliphatic rings. The SMILES string of the molecule is CC(=O)O[C@H]([C@H](OC(C)=O)[C@@H](C)O)[C@@H](C=O)OC(C)=O. The smallest absolute Gasteiger partial charge is 0.303 e. The molecule has 0 heterocycles. The number of aldehydes is 1. The van der Waals surface area contributed by atoms with Crippen LogP contribution in [0.5, 0.6) is 0 Å². The van der Waals surface area contributed by atoms with E-state index in [0.29, 0.717) is 0 Å². The number of carbonyl (C=O) groups is 4. The van der Waals surface area contributed by atoms with E-state index in [-0.39, 0.29) is 6.29 Å². The first-order chi connectivity index (χ1) is 9.18. The number of hydrogen-bond acceptors (Lipinski definition) is 8. The fourth-order valence-corrected chi connectivity index (χ4v) is 1.51. The topological polar surface area (TPSA) is 116 Å². The van der Waals surface area contributed by atoms with Gasteiger partial charge in [0.25, 0.3) is 0 Å². The van der Waals surface area contributed by atoms with E-state index in [2.05, 4.69) is 4.74 Å². The minimum Gasteiger partial charge on any atom is -0.456 e. The Morgan fingerprint density at radius 2 is 1.30 bits per heavy atom.